The van der Waals surface area contributed by atoms with Gasteiger partial charge in [-0.1, -0.05) is 12.1 Å². The van der Waals surface area contributed by atoms with Gasteiger partial charge in [0.2, 0.25) is 0 Å². The lowest BCUT2D eigenvalue weighted by molar-refractivity contribution is -0.135. The van der Waals surface area contributed by atoms with Gasteiger partial charge < -0.3 is 9.15 Å². The predicted molar refractivity (Wildman–Crippen MR) is 95.7 cm³/mol. The Bertz CT molecular complexity index is 922. The van der Waals surface area contributed by atoms with Crippen LogP contribution in [-0.4, -0.2) is 23.2 Å². The number of hydrogen-bond acceptors (Lipinski definition) is 5. The summed E-state index contributed by atoms with van der Waals surface area (Å²) < 4.78 is 24.1. The van der Waals surface area contributed by atoms with Crippen LogP contribution in [0.15, 0.2) is 69.7 Å². The smallest absolute Gasteiger partial charge is 0.281 e. The molecule has 4 rings (SSSR count). The second-order valence-electron chi connectivity index (χ2n) is 5.74. The Hall–Kier alpha value is -2.93. The number of ether oxygens (including phenoxy) is 1. The average Bonchev–Trinajstić information content (AvgIpc) is 3.40. The van der Waals surface area contributed by atoms with Crippen LogP contribution in [0.5, 0.6) is 5.75 Å². The first-order valence-electron chi connectivity index (χ1n) is 8.06. The molecule has 5 nitrogen and oxygen atoms in total. The molecule has 7 heteroatoms. The number of nitrogens with zero attached hydrogens (tertiary/aromatic N) is 2. The van der Waals surface area contributed by atoms with Crippen LogP contribution >= 0.6 is 11.3 Å². The molecule has 1 aromatic carbocycles. The molecule has 1 atom stereocenters. The summed E-state index contributed by atoms with van der Waals surface area (Å²) >= 11 is 1.57. The zero-order valence-electron chi connectivity index (χ0n) is 13.7. The van der Waals surface area contributed by atoms with E-state index in [0.29, 0.717) is 23.6 Å². The molecule has 0 spiro atoms. The first kappa shape index (κ1) is 16.5. The van der Waals surface area contributed by atoms with Crippen LogP contribution in [0.25, 0.3) is 0 Å². The number of rotatable bonds is 5. The third-order valence-electron chi connectivity index (χ3n) is 4.00. The summed E-state index contributed by atoms with van der Waals surface area (Å²) in [5.41, 5.74) is 0.715. The van der Waals surface area contributed by atoms with E-state index in [9.17, 15) is 9.18 Å². The molecule has 0 radical (unpaired) electrons. The Morgan fingerprint density at radius 3 is 2.96 bits per heavy atom. The van der Waals surface area contributed by atoms with Crippen molar-refractivity contribution in [1.29, 1.82) is 0 Å². The Morgan fingerprint density at radius 2 is 2.23 bits per heavy atom. The van der Waals surface area contributed by atoms with Crippen LogP contribution in [0, 0.1) is 5.82 Å². The van der Waals surface area contributed by atoms with Crippen LogP contribution in [0.1, 0.15) is 23.1 Å². The fourth-order valence-electron chi connectivity index (χ4n) is 2.80. The number of halogens is 1. The molecular weight excluding hydrogens is 355 g/mol. The van der Waals surface area contributed by atoms with Crippen molar-refractivity contribution in [1.82, 2.24) is 5.01 Å². The van der Waals surface area contributed by atoms with Gasteiger partial charge in [-0.3, -0.25) is 4.79 Å². The summed E-state index contributed by atoms with van der Waals surface area (Å²) in [6, 6.07) is 13.0. The lowest BCUT2D eigenvalue weighted by atomic mass is 10.1. The third-order valence-corrected chi connectivity index (χ3v) is 4.98. The molecule has 0 saturated carbocycles. The number of carbonyl (C=O) groups excluding carboxylic acids is 1. The van der Waals surface area contributed by atoms with E-state index < -0.39 is 5.82 Å². The lowest BCUT2D eigenvalue weighted by Crippen LogP contribution is -2.31. The first-order valence-corrected chi connectivity index (χ1v) is 8.94. The van der Waals surface area contributed by atoms with Crippen molar-refractivity contribution < 1.29 is 18.3 Å². The summed E-state index contributed by atoms with van der Waals surface area (Å²) in [6.07, 6.45) is 2.15. The molecule has 0 saturated heterocycles. The molecule has 0 aliphatic carbocycles. The van der Waals surface area contributed by atoms with Crippen LogP contribution in [0.4, 0.5) is 4.39 Å². The van der Waals surface area contributed by atoms with Gasteiger partial charge in [0.1, 0.15) is 23.0 Å². The minimum atomic E-state index is -0.411. The fraction of sp³-hybridized carbons (Fsp3) is 0.158. The number of benzene rings is 1. The second kappa shape index (κ2) is 7.13. The average molecular weight is 370 g/mol. The maximum atomic E-state index is 13.2. The van der Waals surface area contributed by atoms with Gasteiger partial charge in [0.15, 0.2) is 6.61 Å². The van der Waals surface area contributed by atoms with E-state index in [1.807, 2.05) is 23.6 Å². The van der Waals surface area contributed by atoms with Crippen molar-refractivity contribution in [3.05, 3.63) is 76.6 Å². The van der Waals surface area contributed by atoms with Crippen molar-refractivity contribution in [2.45, 2.75) is 12.5 Å². The van der Waals surface area contributed by atoms with Gasteiger partial charge in [-0.25, -0.2) is 9.40 Å². The van der Waals surface area contributed by atoms with E-state index in [0.717, 1.165) is 4.88 Å². The first-order chi connectivity index (χ1) is 12.7. The Labute approximate surface area is 153 Å². The maximum Gasteiger partial charge on any atom is 0.281 e. The zero-order chi connectivity index (χ0) is 17.9. The highest BCUT2D eigenvalue weighted by molar-refractivity contribution is 7.10. The van der Waals surface area contributed by atoms with Crippen molar-refractivity contribution in [3.8, 4) is 5.75 Å². The lowest BCUT2D eigenvalue weighted by Gasteiger charge is -2.20. The number of hydrogen-bond donors (Lipinski definition) is 0. The Balaban J connectivity index is 1.53. The van der Waals surface area contributed by atoms with E-state index in [-0.39, 0.29) is 18.6 Å². The molecule has 0 unspecified atom stereocenters. The van der Waals surface area contributed by atoms with Crippen LogP contribution in [0.2, 0.25) is 0 Å². The van der Waals surface area contributed by atoms with E-state index in [1.165, 1.54) is 23.2 Å². The minimum absolute atomic E-state index is 0.196. The molecule has 0 bridgehead atoms. The summed E-state index contributed by atoms with van der Waals surface area (Å²) in [5.74, 6) is 0.244. The quantitative estimate of drug-likeness (QED) is 0.675. The highest BCUT2D eigenvalue weighted by atomic mass is 32.1. The minimum Gasteiger partial charge on any atom is -0.484 e. The van der Waals surface area contributed by atoms with Crippen LogP contribution in [-0.2, 0) is 4.79 Å². The van der Waals surface area contributed by atoms with Crippen LogP contribution in [0.3, 0.4) is 0 Å². The largest absolute Gasteiger partial charge is 0.484 e. The third kappa shape index (κ3) is 3.39. The van der Waals surface area contributed by atoms with Gasteiger partial charge in [0.25, 0.3) is 5.91 Å². The Kier molecular flexibility index (Phi) is 4.53. The van der Waals surface area contributed by atoms with Crippen molar-refractivity contribution in [3.63, 3.8) is 0 Å². The van der Waals surface area contributed by atoms with Crippen molar-refractivity contribution >= 4 is 23.0 Å². The molecule has 1 aliphatic heterocycles. The highest BCUT2D eigenvalue weighted by Crippen LogP contribution is 2.35. The van der Waals surface area contributed by atoms with Gasteiger partial charge in [-0.15, -0.1) is 11.3 Å². The molecule has 1 amide bonds. The molecule has 2 aromatic heterocycles. The Morgan fingerprint density at radius 1 is 1.31 bits per heavy atom. The normalized spacial score (nSPS) is 16.6. The molecule has 26 heavy (non-hydrogen) atoms. The topological polar surface area (TPSA) is 55.0 Å². The van der Waals surface area contributed by atoms with Crippen molar-refractivity contribution in [2.24, 2.45) is 5.10 Å². The van der Waals surface area contributed by atoms with E-state index in [2.05, 4.69) is 5.10 Å². The monoisotopic (exact) mass is 370 g/mol. The SMILES string of the molecule is O=C(COc1cccc(F)c1)N1N=C(c2ccco2)C[C@@H]1c1cccs1. The van der Waals surface area contributed by atoms with Gasteiger partial charge in [-0.2, -0.15) is 5.10 Å². The molecule has 3 heterocycles. The molecule has 0 fully saturated rings. The number of carbonyl (C=O) groups is 1. The van der Waals surface area contributed by atoms with Gasteiger partial charge in [-0.05, 0) is 35.7 Å². The number of thiophene rings is 1. The summed E-state index contributed by atoms with van der Waals surface area (Å²) in [5, 5.41) is 7.85. The van der Waals surface area contributed by atoms with Crippen LogP contribution < -0.4 is 4.74 Å². The van der Waals surface area contributed by atoms with Crippen molar-refractivity contribution in [2.75, 3.05) is 6.61 Å². The predicted octanol–water partition coefficient (Wildman–Crippen LogP) is 4.24. The molecule has 1 aliphatic rings. The van der Waals surface area contributed by atoms with E-state index in [1.54, 1.807) is 29.7 Å². The number of furan rings is 1. The van der Waals surface area contributed by atoms with Gasteiger partial charge in [0, 0.05) is 17.4 Å². The molecule has 3 aromatic rings. The highest BCUT2D eigenvalue weighted by Gasteiger charge is 2.34. The van der Waals surface area contributed by atoms with E-state index in [4.69, 9.17) is 9.15 Å². The second-order valence-corrected chi connectivity index (χ2v) is 6.72. The zero-order valence-corrected chi connectivity index (χ0v) is 14.5. The van der Waals surface area contributed by atoms with Gasteiger partial charge >= 0.3 is 0 Å². The summed E-state index contributed by atoms with van der Waals surface area (Å²) in [4.78, 5) is 13.7. The number of hydrazone groups is 1. The van der Waals surface area contributed by atoms with E-state index >= 15 is 0 Å². The molecular formula is C19H15FN2O3S. The maximum absolute atomic E-state index is 13.2. The summed E-state index contributed by atoms with van der Waals surface area (Å²) in [7, 11) is 0. The summed E-state index contributed by atoms with van der Waals surface area (Å²) in [6.45, 7) is -0.222. The molecule has 132 valence electrons. The molecule has 0 N–H and O–H groups in total. The van der Waals surface area contributed by atoms with Gasteiger partial charge in [0.05, 0.1) is 12.3 Å². The fourth-order valence-corrected chi connectivity index (χ4v) is 3.61. The number of amides is 1. The standard InChI is InChI=1S/C19H15FN2O3S/c20-13-4-1-5-14(10-13)25-12-19(23)22-16(18-7-3-9-26-18)11-15(21-22)17-6-2-8-24-17/h1-10,16H,11-12H2/t16-/m1/s1.